The van der Waals surface area contributed by atoms with Crippen molar-refractivity contribution in [3.05, 3.63) is 0 Å². The van der Waals surface area contributed by atoms with Crippen molar-refractivity contribution in [3.63, 3.8) is 0 Å². The number of aliphatic hydroxyl groups excluding tert-OH is 1. The highest BCUT2D eigenvalue weighted by Crippen LogP contribution is 2.55. The molecule has 2 aliphatic rings. The van der Waals surface area contributed by atoms with Gasteiger partial charge in [-0.2, -0.15) is 0 Å². The van der Waals surface area contributed by atoms with Crippen molar-refractivity contribution in [1.82, 2.24) is 0 Å². The SMILES string of the molecule is CCC(C)C(O)C1CC2CC2C1. The van der Waals surface area contributed by atoms with Gasteiger partial charge in [0.2, 0.25) is 0 Å². The quantitative estimate of drug-likeness (QED) is 0.686. The Balaban J connectivity index is 1.84. The summed E-state index contributed by atoms with van der Waals surface area (Å²) in [6, 6.07) is 0. The molecule has 0 aromatic carbocycles. The van der Waals surface area contributed by atoms with Gasteiger partial charge in [0.15, 0.2) is 0 Å². The molecule has 2 saturated carbocycles. The topological polar surface area (TPSA) is 20.2 Å². The maximum absolute atomic E-state index is 9.96. The molecule has 4 atom stereocenters. The van der Waals surface area contributed by atoms with Crippen molar-refractivity contribution in [1.29, 1.82) is 0 Å². The van der Waals surface area contributed by atoms with Crippen molar-refractivity contribution < 1.29 is 5.11 Å². The summed E-state index contributed by atoms with van der Waals surface area (Å²) in [5.74, 6) is 3.17. The molecule has 0 amide bonds. The standard InChI is InChI=1S/C11H20O/c1-3-7(2)11(12)10-5-8-4-9(8)6-10/h7-12H,3-6H2,1-2H3. The minimum atomic E-state index is -0.0113. The molecule has 2 aliphatic carbocycles. The Hall–Kier alpha value is -0.0400. The third kappa shape index (κ3) is 1.39. The predicted molar refractivity (Wildman–Crippen MR) is 49.8 cm³/mol. The zero-order chi connectivity index (χ0) is 8.72. The van der Waals surface area contributed by atoms with Gasteiger partial charge in [0.25, 0.3) is 0 Å². The first-order valence-electron chi connectivity index (χ1n) is 5.40. The third-order valence-electron chi connectivity index (χ3n) is 3.99. The van der Waals surface area contributed by atoms with Gasteiger partial charge in [-0.1, -0.05) is 20.3 Å². The van der Waals surface area contributed by atoms with E-state index in [1.165, 1.54) is 19.3 Å². The molecule has 1 heteroatoms. The molecule has 0 spiro atoms. The first-order chi connectivity index (χ1) is 5.72. The van der Waals surface area contributed by atoms with E-state index in [1.54, 1.807) is 0 Å². The highest BCUT2D eigenvalue weighted by atomic mass is 16.3. The Morgan fingerprint density at radius 2 is 1.83 bits per heavy atom. The normalized spacial score (nSPS) is 43.8. The third-order valence-corrected chi connectivity index (χ3v) is 3.99. The molecular formula is C11H20O. The molecule has 0 radical (unpaired) electrons. The zero-order valence-corrected chi connectivity index (χ0v) is 8.16. The van der Waals surface area contributed by atoms with Gasteiger partial charge in [0, 0.05) is 0 Å². The Bertz CT molecular complexity index is 156. The van der Waals surface area contributed by atoms with E-state index in [9.17, 15) is 5.11 Å². The lowest BCUT2D eigenvalue weighted by Crippen LogP contribution is -2.26. The molecule has 1 nitrogen and oxygen atoms in total. The van der Waals surface area contributed by atoms with Gasteiger partial charge in [0.1, 0.15) is 0 Å². The molecule has 0 aromatic rings. The van der Waals surface area contributed by atoms with Crippen LogP contribution in [0.2, 0.25) is 0 Å². The summed E-state index contributed by atoms with van der Waals surface area (Å²) in [5.41, 5.74) is 0. The number of rotatable bonds is 3. The van der Waals surface area contributed by atoms with Gasteiger partial charge in [-0.3, -0.25) is 0 Å². The number of hydrogen-bond donors (Lipinski definition) is 1. The lowest BCUT2D eigenvalue weighted by atomic mass is 9.87. The number of hydrogen-bond acceptors (Lipinski definition) is 1. The lowest BCUT2D eigenvalue weighted by molar-refractivity contribution is 0.0530. The predicted octanol–water partition coefficient (Wildman–Crippen LogP) is 2.44. The van der Waals surface area contributed by atoms with Crippen LogP contribution in [0.25, 0.3) is 0 Å². The average Bonchev–Trinajstić information content (AvgIpc) is 2.71. The van der Waals surface area contributed by atoms with Crippen LogP contribution in [0.4, 0.5) is 0 Å². The molecular weight excluding hydrogens is 148 g/mol. The number of fused-ring (bicyclic) bond motifs is 1. The fourth-order valence-corrected chi connectivity index (χ4v) is 2.75. The van der Waals surface area contributed by atoms with E-state index in [1.807, 2.05) is 0 Å². The Morgan fingerprint density at radius 1 is 1.25 bits per heavy atom. The van der Waals surface area contributed by atoms with Gasteiger partial charge in [-0.05, 0) is 42.9 Å². The monoisotopic (exact) mass is 168 g/mol. The van der Waals surface area contributed by atoms with E-state index in [0.29, 0.717) is 11.8 Å². The minimum absolute atomic E-state index is 0.0113. The summed E-state index contributed by atoms with van der Waals surface area (Å²) in [4.78, 5) is 0. The molecule has 12 heavy (non-hydrogen) atoms. The van der Waals surface area contributed by atoms with Crippen molar-refractivity contribution in [2.75, 3.05) is 0 Å². The molecule has 0 aromatic heterocycles. The van der Waals surface area contributed by atoms with E-state index >= 15 is 0 Å². The van der Waals surface area contributed by atoms with Gasteiger partial charge in [-0.25, -0.2) is 0 Å². The van der Waals surface area contributed by atoms with E-state index in [0.717, 1.165) is 18.3 Å². The average molecular weight is 168 g/mol. The Labute approximate surface area is 75.2 Å². The minimum Gasteiger partial charge on any atom is -0.393 e. The largest absolute Gasteiger partial charge is 0.393 e. The fraction of sp³-hybridized carbons (Fsp3) is 1.00. The second-order valence-corrected chi connectivity index (χ2v) is 4.86. The number of aliphatic hydroxyl groups is 1. The van der Waals surface area contributed by atoms with Crippen LogP contribution in [0, 0.1) is 23.7 Å². The molecule has 2 rings (SSSR count). The summed E-state index contributed by atoms with van der Waals surface area (Å²) in [6.07, 6.45) is 5.20. The van der Waals surface area contributed by atoms with Gasteiger partial charge in [-0.15, -0.1) is 0 Å². The summed E-state index contributed by atoms with van der Waals surface area (Å²) in [6.45, 7) is 4.35. The molecule has 0 saturated heterocycles. The van der Waals surface area contributed by atoms with Crippen molar-refractivity contribution in [3.8, 4) is 0 Å². The lowest BCUT2D eigenvalue weighted by Gasteiger charge is -2.24. The Kier molecular flexibility index (Phi) is 2.16. The van der Waals surface area contributed by atoms with E-state index in [-0.39, 0.29) is 6.10 Å². The molecule has 0 heterocycles. The zero-order valence-electron chi connectivity index (χ0n) is 8.16. The highest BCUT2D eigenvalue weighted by molar-refractivity contribution is 4.98. The molecule has 0 bridgehead atoms. The maximum Gasteiger partial charge on any atom is 0.0594 e. The van der Waals surface area contributed by atoms with Crippen LogP contribution >= 0.6 is 0 Å². The molecule has 0 aliphatic heterocycles. The van der Waals surface area contributed by atoms with Gasteiger partial charge < -0.3 is 5.11 Å². The summed E-state index contributed by atoms with van der Waals surface area (Å²) in [7, 11) is 0. The first kappa shape index (κ1) is 8.55. The van der Waals surface area contributed by atoms with Crippen LogP contribution in [0.3, 0.4) is 0 Å². The van der Waals surface area contributed by atoms with Crippen molar-refractivity contribution in [2.24, 2.45) is 23.7 Å². The molecule has 1 N–H and O–H groups in total. The first-order valence-corrected chi connectivity index (χ1v) is 5.40. The van der Waals surface area contributed by atoms with Crippen molar-refractivity contribution in [2.45, 2.75) is 45.6 Å². The summed E-state index contributed by atoms with van der Waals surface area (Å²) >= 11 is 0. The van der Waals surface area contributed by atoms with Gasteiger partial charge >= 0.3 is 0 Å². The van der Waals surface area contributed by atoms with Crippen molar-refractivity contribution >= 4 is 0 Å². The molecule has 2 fully saturated rings. The molecule has 70 valence electrons. The van der Waals surface area contributed by atoms with Crippen LogP contribution in [0.1, 0.15) is 39.5 Å². The molecule has 4 unspecified atom stereocenters. The van der Waals surface area contributed by atoms with Crippen LogP contribution in [-0.4, -0.2) is 11.2 Å². The second kappa shape index (κ2) is 3.02. The fourth-order valence-electron chi connectivity index (χ4n) is 2.75. The van der Waals surface area contributed by atoms with Crippen LogP contribution in [0.15, 0.2) is 0 Å². The van der Waals surface area contributed by atoms with Gasteiger partial charge in [0.05, 0.1) is 6.10 Å². The Morgan fingerprint density at radius 3 is 2.33 bits per heavy atom. The van der Waals surface area contributed by atoms with Crippen LogP contribution in [-0.2, 0) is 0 Å². The summed E-state index contributed by atoms with van der Waals surface area (Å²) < 4.78 is 0. The van der Waals surface area contributed by atoms with Crippen LogP contribution in [0.5, 0.6) is 0 Å². The van der Waals surface area contributed by atoms with E-state index in [4.69, 9.17) is 0 Å². The second-order valence-electron chi connectivity index (χ2n) is 4.86. The summed E-state index contributed by atoms with van der Waals surface area (Å²) in [5, 5.41) is 9.96. The van der Waals surface area contributed by atoms with Crippen LogP contribution < -0.4 is 0 Å². The highest BCUT2D eigenvalue weighted by Gasteiger charge is 2.48. The van der Waals surface area contributed by atoms with E-state index < -0.39 is 0 Å². The van der Waals surface area contributed by atoms with E-state index in [2.05, 4.69) is 13.8 Å². The smallest absolute Gasteiger partial charge is 0.0594 e. The maximum atomic E-state index is 9.96.